The summed E-state index contributed by atoms with van der Waals surface area (Å²) in [7, 11) is 0. The number of benzene rings is 3. The molecule has 3 N–H and O–H groups in total. The third kappa shape index (κ3) is 5.23. The normalized spacial score (nSPS) is 16.3. The summed E-state index contributed by atoms with van der Waals surface area (Å²) in [6.45, 7) is 0. The molecule has 0 unspecified atom stereocenters. The van der Waals surface area contributed by atoms with Crippen molar-refractivity contribution in [2.45, 2.75) is 35.2 Å². The van der Waals surface area contributed by atoms with Gasteiger partial charge in [0, 0.05) is 11.3 Å². The molecule has 0 saturated heterocycles. The summed E-state index contributed by atoms with van der Waals surface area (Å²) in [4.78, 5) is 34.0. The molecule has 4 aromatic rings. The standard InChI is InChI=1S/C26H21F3N4O2S/c27-26(28,29)16-10-11-21-19(13-16)33-25(35)22(36-21)14-23(34)30-20(12-15-6-2-1-3-7-15)24-31-17-8-4-5-9-18(17)32-24/h1-11,13,20,22H,12,14H2,(H,30,34)(H,31,32)(H,33,35)/t20-,22+/m1/s1. The molecule has 2 atom stereocenters. The van der Waals surface area contributed by atoms with Crippen LogP contribution in [0.4, 0.5) is 18.9 Å². The van der Waals surface area contributed by atoms with Crippen LogP contribution in [0, 0.1) is 0 Å². The molecule has 0 fully saturated rings. The number of nitrogens with zero attached hydrogens (tertiary/aromatic N) is 1. The van der Waals surface area contributed by atoms with Crippen molar-refractivity contribution >= 4 is 40.3 Å². The topological polar surface area (TPSA) is 86.9 Å². The van der Waals surface area contributed by atoms with E-state index in [-0.39, 0.29) is 18.0 Å². The molecule has 1 aliphatic heterocycles. The van der Waals surface area contributed by atoms with Crippen molar-refractivity contribution in [1.29, 1.82) is 0 Å². The Bertz CT molecular complexity index is 1390. The first-order chi connectivity index (χ1) is 17.3. The molecular weight excluding hydrogens is 489 g/mol. The van der Waals surface area contributed by atoms with Gasteiger partial charge in [-0.1, -0.05) is 42.5 Å². The van der Waals surface area contributed by atoms with Gasteiger partial charge < -0.3 is 15.6 Å². The van der Waals surface area contributed by atoms with Gasteiger partial charge in [-0.05, 0) is 42.3 Å². The SMILES string of the molecule is O=C(C[C@@H]1Sc2ccc(C(F)(F)F)cc2NC1=O)N[C@H](Cc1ccccc1)c1nc2ccccc2[nH]1. The molecule has 2 heterocycles. The number of halogens is 3. The predicted octanol–water partition coefficient (Wildman–Crippen LogP) is 5.48. The van der Waals surface area contributed by atoms with Gasteiger partial charge in [0.15, 0.2) is 0 Å². The first-order valence-electron chi connectivity index (χ1n) is 11.2. The molecule has 1 aliphatic rings. The molecule has 6 nitrogen and oxygen atoms in total. The number of fused-ring (bicyclic) bond motifs is 2. The van der Waals surface area contributed by atoms with E-state index in [9.17, 15) is 22.8 Å². The number of alkyl halides is 3. The molecule has 0 radical (unpaired) electrons. The van der Waals surface area contributed by atoms with Crippen LogP contribution in [-0.4, -0.2) is 27.0 Å². The lowest BCUT2D eigenvalue weighted by Crippen LogP contribution is -2.37. The Balaban J connectivity index is 1.32. The van der Waals surface area contributed by atoms with Crippen molar-refractivity contribution in [2.24, 2.45) is 0 Å². The monoisotopic (exact) mass is 510 g/mol. The molecule has 0 spiro atoms. The van der Waals surface area contributed by atoms with E-state index in [1.165, 1.54) is 6.07 Å². The minimum absolute atomic E-state index is 0.0979. The number of imidazole rings is 1. The van der Waals surface area contributed by atoms with Gasteiger partial charge in [-0.15, -0.1) is 11.8 Å². The van der Waals surface area contributed by atoms with Gasteiger partial charge in [0.25, 0.3) is 0 Å². The lowest BCUT2D eigenvalue weighted by molar-refractivity contribution is -0.137. The number of hydrogen-bond donors (Lipinski definition) is 3. The van der Waals surface area contributed by atoms with E-state index < -0.39 is 28.9 Å². The summed E-state index contributed by atoms with van der Waals surface area (Å²) in [6.07, 6.45) is -4.16. The third-order valence-corrected chi connectivity index (χ3v) is 7.13. The fourth-order valence-electron chi connectivity index (χ4n) is 4.09. The summed E-state index contributed by atoms with van der Waals surface area (Å²) < 4.78 is 39.0. The summed E-state index contributed by atoms with van der Waals surface area (Å²) >= 11 is 1.08. The van der Waals surface area contributed by atoms with Crippen LogP contribution in [0.2, 0.25) is 0 Å². The molecule has 0 saturated carbocycles. The highest BCUT2D eigenvalue weighted by molar-refractivity contribution is 8.01. The Morgan fingerprint density at radius 1 is 1.06 bits per heavy atom. The minimum atomic E-state index is -4.51. The summed E-state index contributed by atoms with van der Waals surface area (Å²) in [5.41, 5.74) is 1.88. The summed E-state index contributed by atoms with van der Waals surface area (Å²) in [5.74, 6) is -0.274. The molecule has 184 valence electrons. The molecule has 1 aromatic heterocycles. The fourth-order valence-corrected chi connectivity index (χ4v) is 5.18. The van der Waals surface area contributed by atoms with Crippen LogP contribution in [0.5, 0.6) is 0 Å². The molecular formula is C26H21F3N4O2S. The van der Waals surface area contributed by atoms with E-state index >= 15 is 0 Å². The highest BCUT2D eigenvalue weighted by Crippen LogP contribution is 2.40. The molecule has 5 rings (SSSR count). The van der Waals surface area contributed by atoms with E-state index in [0.717, 1.165) is 40.5 Å². The van der Waals surface area contributed by atoms with Gasteiger partial charge in [0.2, 0.25) is 11.8 Å². The molecule has 2 amide bonds. The molecule has 3 aromatic carbocycles. The van der Waals surface area contributed by atoms with Crippen LogP contribution in [0.15, 0.2) is 77.7 Å². The van der Waals surface area contributed by atoms with Crippen molar-refractivity contribution < 1.29 is 22.8 Å². The number of rotatable bonds is 6. The first-order valence-corrected chi connectivity index (χ1v) is 12.1. The van der Waals surface area contributed by atoms with Crippen LogP contribution in [-0.2, 0) is 22.2 Å². The Labute approximate surface area is 208 Å². The lowest BCUT2D eigenvalue weighted by Gasteiger charge is -2.25. The number of hydrogen-bond acceptors (Lipinski definition) is 4. The number of carbonyl (C=O) groups is 2. The van der Waals surface area contributed by atoms with Crippen molar-refractivity contribution in [2.75, 3.05) is 5.32 Å². The van der Waals surface area contributed by atoms with Crippen LogP contribution >= 0.6 is 11.8 Å². The Morgan fingerprint density at radius 3 is 2.56 bits per heavy atom. The summed E-state index contributed by atoms with van der Waals surface area (Å²) in [5, 5.41) is 4.73. The Hall–Kier alpha value is -3.79. The van der Waals surface area contributed by atoms with Gasteiger partial charge in [0.05, 0.1) is 33.6 Å². The molecule has 0 bridgehead atoms. The van der Waals surface area contributed by atoms with Crippen molar-refractivity contribution in [3.05, 3.63) is 89.7 Å². The van der Waals surface area contributed by atoms with Crippen LogP contribution in [0.25, 0.3) is 11.0 Å². The van der Waals surface area contributed by atoms with Crippen LogP contribution in [0.3, 0.4) is 0 Å². The smallest absolute Gasteiger partial charge is 0.346 e. The average Bonchev–Trinajstić information content (AvgIpc) is 3.28. The maximum atomic E-state index is 13.0. The number of thioether (sulfide) groups is 1. The van der Waals surface area contributed by atoms with E-state index in [1.54, 1.807) is 0 Å². The van der Waals surface area contributed by atoms with Gasteiger partial charge in [-0.25, -0.2) is 4.98 Å². The molecule has 0 aliphatic carbocycles. The van der Waals surface area contributed by atoms with Crippen LogP contribution in [0.1, 0.15) is 29.4 Å². The maximum absolute atomic E-state index is 13.0. The third-order valence-electron chi connectivity index (χ3n) is 5.85. The zero-order valence-corrected chi connectivity index (χ0v) is 19.6. The number of carbonyl (C=O) groups excluding carboxylic acids is 2. The van der Waals surface area contributed by atoms with E-state index in [0.29, 0.717) is 17.1 Å². The van der Waals surface area contributed by atoms with Gasteiger partial charge in [0.1, 0.15) is 5.82 Å². The predicted molar refractivity (Wildman–Crippen MR) is 131 cm³/mol. The Kier molecular flexibility index (Phi) is 6.44. The van der Waals surface area contributed by atoms with Gasteiger partial charge >= 0.3 is 6.18 Å². The van der Waals surface area contributed by atoms with E-state index in [1.807, 2.05) is 54.6 Å². The number of anilines is 1. The largest absolute Gasteiger partial charge is 0.416 e. The maximum Gasteiger partial charge on any atom is 0.416 e. The number of H-pyrrole nitrogens is 1. The zero-order valence-electron chi connectivity index (χ0n) is 18.8. The van der Waals surface area contributed by atoms with E-state index in [2.05, 4.69) is 20.6 Å². The quantitative estimate of drug-likeness (QED) is 0.320. The minimum Gasteiger partial charge on any atom is -0.346 e. The highest BCUT2D eigenvalue weighted by atomic mass is 32.2. The number of aromatic amines is 1. The second kappa shape index (κ2) is 9.69. The van der Waals surface area contributed by atoms with Crippen LogP contribution < -0.4 is 10.6 Å². The van der Waals surface area contributed by atoms with Crippen molar-refractivity contribution in [3.8, 4) is 0 Å². The number of para-hydroxylation sites is 2. The van der Waals surface area contributed by atoms with Crippen molar-refractivity contribution in [1.82, 2.24) is 15.3 Å². The number of aromatic nitrogens is 2. The number of nitrogens with one attached hydrogen (secondary N) is 3. The highest BCUT2D eigenvalue weighted by Gasteiger charge is 2.34. The summed E-state index contributed by atoms with van der Waals surface area (Å²) in [6, 6.07) is 19.9. The van der Waals surface area contributed by atoms with E-state index in [4.69, 9.17) is 0 Å². The Morgan fingerprint density at radius 2 is 1.81 bits per heavy atom. The fraction of sp³-hybridized carbons (Fsp3) is 0.192. The second-order valence-corrected chi connectivity index (χ2v) is 9.70. The lowest BCUT2D eigenvalue weighted by atomic mass is 10.0. The first kappa shape index (κ1) is 23.9. The number of amides is 2. The average molecular weight is 511 g/mol. The second-order valence-electron chi connectivity index (χ2n) is 8.46. The van der Waals surface area contributed by atoms with Gasteiger partial charge in [-0.2, -0.15) is 13.2 Å². The zero-order chi connectivity index (χ0) is 25.3. The molecule has 10 heteroatoms. The van der Waals surface area contributed by atoms with Crippen molar-refractivity contribution in [3.63, 3.8) is 0 Å². The van der Waals surface area contributed by atoms with Gasteiger partial charge in [-0.3, -0.25) is 9.59 Å². The molecule has 36 heavy (non-hydrogen) atoms.